The number of amides is 1. The van der Waals surface area contributed by atoms with Crippen molar-refractivity contribution in [2.75, 3.05) is 19.5 Å². The van der Waals surface area contributed by atoms with Gasteiger partial charge in [-0.2, -0.15) is 4.98 Å². The molecule has 0 aliphatic carbocycles. The number of aromatic nitrogens is 3. The first-order valence-corrected chi connectivity index (χ1v) is 10.2. The second-order valence-corrected chi connectivity index (χ2v) is 7.40. The zero-order valence-electron chi connectivity index (χ0n) is 17.7. The zero-order chi connectivity index (χ0) is 23.4. The fraction of sp³-hybridized carbons (Fsp3) is 0.130. The van der Waals surface area contributed by atoms with E-state index in [0.29, 0.717) is 33.6 Å². The lowest BCUT2D eigenvalue weighted by atomic mass is 10.2. The van der Waals surface area contributed by atoms with Crippen molar-refractivity contribution in [3.05, 3.63) is 76.2 Å². The van der Waals surface area contributed by atoms with Gasteiger partial charge in [0.15, 0.2) is 0 Å². The van der Waals surface area contributed by atoms with E-state index in [9.17, 15) is 9.59 Å². The maximum Gasteiger partial charge on any atom is 0.259 e. The van der Waals surface area contributed by atoms with E-state index in [4.69, 9.17) is 25.6 Å². The molecule has 0 spiro atoms. The smallest absolute Gasteiger partial charge is 0.259 e. The van der Waals surface area contributed by atoms with Gasteiger partial charge in [0.05, 0.1) is 19.8 Å². The summed E-state index contributed by atoms with van der Waals surface area (Å²) in [6.07, 6.45) is 1.49. The number of carbonyl (C=O) groups is 1. The molecular weight excluding hydrogens is 448 g/mol. The first kappa shape index (κ1) is 22.1. The van der Waals surface area contributed by atoms with Gasteiger partial charge in [-0.05, 0) is 30.3 Å². The predicted molar refractivity (Wildman–Crippen MR) is 123 cm³/mol. The molecule has 0 unspecified atom stereocenters. The number of nitrogens with one attached hydrogen (secondary N) is 1. The molecule has 1 amide bonds. The van der Waals surface area contributed by atoms with E-state index in [0.717, 1.165) is 5.56 Å². The van der Waals surface area contributed by atoms with Crippen molar-refractivity contribution in [2.45, 2.75) is 6.54 Å². The summed E-state index contributed by atoms with van der Waals surface area (Å²) in [5.41, 5.74) is 1.36. The van der Waals surface area contributed by atoms with E-state index < -0.39 is 5.91 Å². The molecule has 2 aromatic heterocycles. The monoisotopic (exact) mass is 466 g/mol. The van der Waals surface area contributed by atoms with Crippen LogP contribution in [0.5, 0.6) is 11.5 Å². The van der Waals surface area contributed by atoms with Gasteiger partial charge in [-0.25, -0.2) is 0 Å². The summed E-state index contributed by atoms with van der Waals surface area (Å²) >= 11 is 5.91. The van der Waals surface area contributed by atoms with Crippen molar-refractivity contribution in [3.8, 4) is 34.3 Å². The molecule has 0 saturated carbocycles. The van der Waals surface area contributed by atoms with Crippen LogP contribution >= 0.6 is 11.6 Å². The van der Waals surface area contributed by atoms with Crippen LogP contribution in [0.4, 0.5) is 5.69 Å². The standard InChI is InChI=1S/C23H19ClN4O5/c1-31-18-9-17(10-19(11-18)32-2)25-20(29)13-28-12-15(5-8-21(28)30)23-26-22(27-33-23)14-3-6-16(24)7-4-14/h3-12H,13H2,1-2H3,(H,25,29). The molecule has 0 radical (unpaired) electrons. The van der Waals surface area contributed by atoms with Gasteiger partial charge in [0.2, 0.25) is 11.7 Å². The molecule has 2 aromatic carbocycles. The molecule has 0 aliphatic heterocycles. The Hall–Kier alpha value is -4.11. The predicted octanol–water partition coefficient (Wildman–Crippen LogP) is 3.87. The summed E-state index contributed by atoms with van der Waals surface area (Å²) in [7, 11) is 3.03. The lowest BCUT2D eigenvalue weighted by Crippen LogP contribution is -2.26. The number of hydrogen-bond donors (Lipinski definition) is 1. The van der Waals surface area contributed by atoms with E-state index in [2.05, 4.69) is 15.5 Å². The molecule has 4 aromatic rings. The van der Waals surface area contributed by atoms with Crippen LogP contribution in [0.1, 0.15) is 0 Å². The van der Waals surface area contributed by atoms with Gasteiger partial charge in [0.25, 0.3) is 11.4 Å². The minimum atomic E-state index is -0.406. The first-order chi connectivity index (χ1) is 15.9. The maximum absolute atomic E-state index is 12.6. The largest absolute Gasteiger partial charge is 0.497 e. The number of benzene rings is 2. The van der Waals surface area contributed by atoms with Crippen LogP contribution in [0, 0.1) is 0 Å². The van der Waals surface area contributed by atoms with E-state index in [1.54, 1.807) is 48.5 Å². The lowest BCUT2D eigenvalue weighted by Gasteiger charge is -2.11. The van der Waals surface area contributed by atoms with Crippen molar-refractivity contribution in [1.82, 2.24) is 14.7 Å². The quantitative estimate of drug-likeness (QED) is 0.440. The summed E-state index contributed by atoms with van der Waals surface area (Å²) in [5, 5.41) is 7.31. The molecular formula is C23H19ClN4O5. The number of pyridine rings is 1. The molecule has 0 saturated heterocycles. The number of ether oxygens (including phenoxy) is 2. The normalized spacial score (nSPS) is 10.6. The molecule has 0 aliphatic rings. The minimum absolute atomic E-state index is 0.214. The Morgan fingerprint density at radius 2 is 1.70 bits per heavy atom. The van der Waals surface area contributed by atoms with Crippen molar-refractivity contribution < 1.29 is 18.8 Å². The molecule has 0 fully saturated rings. The highest BCUT2D eigenvalue weighted by Crippen LogP contribution is 2.26. The summed E-state index contributed by atoms with van der Waals surface area (Å²) in [6, 6.07) is 14.9. The molecule has 0 bridgehead atoms. The second-order valence-electron chi connectivity index (χ2n) is 6.96. The molecule has 0 atom stereocenters. The maximum atomic E-state index is 12.6. The van der Waals surface area contributed by atoms with Crippen molar-refractivity contribution in [2.24, 2.45) is 0 Å². The van der Waals surface area contributed by atoms with E-state index in [-0.39, 0.29) is 18.0 Å². The molecule has 9 nitrogen and oxygen atoms in total. The zero-order valence-corrected chi connectivity index (χ0v) is 18.5. The third kappa shape index (κ3) is 5.21. The van der Waals surface area contributed by atoms with Gasteiger partial charge < -0.3 is 23.9 Å². The number of halogens is 1. The molecule has 33 heavy (non-hydrogen) atoms. The van der Waals surface area contributed by atoms with Gasteiger partial charge in [0.1, 0.15) is 18.0 Å². The van der Waals surface area contributed by atoms with Crippen LogP contribution in [0.3, 0.4) is 0 Å². The van der Waals surface area contributed by atoms with E-state index >= 15 is 0 Å². The summed E-state index contributed by atoms with van der Waals surface area (Å²) < 4.78 is 17.0. The first-order valence-electron chi connectivity index (χ1n) is 9.78. The lowest BCUT2D eigenvalue weighted by molar-refractivity contribution is -0.116. The van der Waals surface area contributed by atoms with Gasteiger partial charge in [-0.3, -0.25) is 9.59 Å². The number of nitrogens with zero attached hydrogens (tertiary/aromatic N) is 3. The summed E-state index contributed by atoms with van der Waals surface area (Å²) in [4.78, 5) is 29.3. The Morgan fingerprint density at radius 3 is 2.36 bits per heavy atom. The van der Waals surface area contributed by atoms with Gasteiger partial charge in [-0.1, -0.05) is 16.8 Å². The molecule has 168 valence electrons. The van der Waals surface area contributed by atoms with Gasteiger partial charge in [0, 0.05) is 46.7 Å². The van der Waals surface area contributed by atoms with E-state index in [1.165, 1.54) is 31.0 Å². The average Bonchev–Trinajstić information content (AvgIpc) is 3.31. The molecule has 2 heterocycles. The summed E-state index contributed by atoms with van der Waals surface area (Å²) in [5.74, 6) is 1.24. The average molecular weight is 467 g/mol. The van der Waals surface area contributed by atoms with Gasteiger partial charge in [-0.15, -0.1) is 0 Å². The number of carbonyl (C=O) groups excluding carboxylic acids is 1. The molecule has 4 rings (SSSR count). The fourth-order valence-corrected chi connectivity index (χ4v) is 3.20. The van der Waals surface area contributed by atoms with Gasteiger partial charge >= 0.3 is 0 Å². The fourth-order valence-electron chi connectivity index (χ4n) is 3.07. The highest BCUT2D eigenvalue weighted by Gasteiger charge is 2.14. The number of methoxy groups -OCH3 is 2. The van der Waals surface area contributed by atoms with Crippen LogP contribution in [0.2, 0.25) is 5.02 Å². The van der Waals surface area contributed by atoms with Crippen LogP contribution in [0.15, 0.2) is 70.1 Å². The highest BCUT2D eigenvalue weighted by atomic mass is 35.5. The Balaban J connectivity index is 1.53. The Morgan fingerprint density at radius 1 is 1.03 bits per heavy atom. The van der Waals surface area contributed by atoms with Crippen molar-refractivity contribution >= 4 is 23.2 Å². The number of hydrogen-bond acceptors (Lipinski definition) is 7. The second kappa shape index (κ2) is 9.58. The number of rotatable bonds is 7. The van der Waals surface area contributed by atoms with Crippen LogP contribution in [-0.2, 0) is 11.3 Å². The van der Waals surface area contributed by atoms with Crippen LogP contribution < -0.4 is 20.3 Å². The summed E-state index contributed by atoms with van der Waals surface area (Å²) in [6.45, 7) is -0.218. The molecule has 1 N–H and O–H groups in total. The Bertz CT molecular complexity index is 1330. The Kier molecular flexibility index (Phi) is 6.41. The van der Waals surface area contributed by atoms with Crippen LogP contribution in [0.25, 0.3) is 22.8 Å². The topological polar surface area (TPSA) is 108 Å². The SMILES string of the molecule is COc1cc(NC(=O)Cn2cc(-c3nc(-c4ccc(Cl)cc4)no3)ccc2=O)cc(OC)c1. The molecule has 10 heteroatoms. The minimum Gasteiger partial charge on any atom is -0.497 e. The van der Waals surface area contributed by atoms with E-state index in [1.807, 2.05) is 0 Å². The highest BCUT2D eigenvalue weighted by molar-refractivity contribution is 6.30. The van der Waals surface area contributed by atoms with Crippen molar-refractivity contribution in [3.63, 3.8) is 0 Å². The third-order valence-electron chi connectivity index (χ3n) is 4.71. The Labute approximate surface area is 193 Å². The number of anilines is 1. The third-order valence-corrected chi connectivity index (χ3v) is 4.96. The van der Waals surface area contributed by atoms with Crippen LogP contribution in [-0.4, -0.2) is 34.8 Å². The van der Waals surface area contributed by atoms with Crippen molar-refractivity contribution in [1.29, 1.82) is 0 Å².